The molecule has 0 spiro atoms. The van der Waals surface area contributed by atoms with E-state index < -0.39 is 0 Å². The smallest absolute Gasteiger partial charge is 0.122 e. The highest BCUT2D eigenvalue weighted by molar-refractivity contribution is 5.35. The summed E-state index contributed by atoms with van der Waals surface area (Å²) in [7, 11) is 0. The van der Waals surface area contributed by atoms with Crippen molar-refractivity contribution in [1.29, 1.82) is 0 Å². The fourth-order valence-electron chi connectivity index (χ4n) is 2.89. The van der Waals surface area contributed by atoms with Crippen molar-refractivity contribution in [2.75, 3.05) is 13.2 Å². The second-order valence-electron chi connectivity index (χ2n) is 4.94. The molecule has 1 aromatic carbocycles. The number of rotatable bonds is 1. The molecule has 2 heteroatoms. The lowest BCUT2D eigenvalue weighted by molar-refractivity contribution is 0.169. The van der Waals surface area contributed by atoms with E-state index in [9.17, 15) is 0 Å². The third kappa shape index (κ3) is 1.94. The van der Waals surface area contributed by atoms with Crippen LogP contribution in [0.2, 0.25) is 0 Å². The molecule has 2 unspecified atom stereocenters. The Morgan fingerprint density at radius 2 is 2.12 bits per heavy atom. The zero-order valence-electron chi connectivity index (χ0n) is 9.61. The first-order valence-corrected chi connectivity index (χ1v) is 6.37. The van der Waals surface area contributed by atoms with E-state index in [0.29, 0.717) is 12.0 Å². The quantitative estimate of drug-likeness (QED) is 0.780. The van der Waals surface area contributed by atoms with E-state index in [-0.39, 0.29) is 0 Å². The van der Waals surface area contributed by atoms with E-state index in [1.54, 1.807) is 0 Å². The van der Waals surface area contributed by atoms with E-state index in [0.717, 1.165) is 12.4 Å². The number of ether oxygens (including phenoxy) is 1. The first-order chi connectivity index (χ1) is 7.93. The Morgan fingerprint density at radius 3 is 3.00 bits per heavy atom. The van der Waals surface area contributed by atoms with Crippen LogP contribution in [0.25, 0.3) is 0 Å². The first kappa shape index (κ1) is 10.2. The lowest BCUT2D eigenvalue weighted by Gasteiger charge is -2.34. The molecule has 1 fully saturated rings. The third-order valence-electron chi connectivity index (χ3n) is 3.83. The Bertz CT molecular complexity index is 358. The first-order valence-electron chi connectivity index (χ1n) is 6.37. The van der Waals surface area contributed by atoms with Gasteiger partial charge in [-0.2, -0.15) is 0 Å². The van der Waals surface area contributed by atoms with E-state index in [1.807, 2.05) is 0 Å². The van der Waals surface area contributed by atoms with Crippen molar-refractivity contribution in [3.05, 3.63) is 29.8 Å². The zero-order chi connectivity index (χ0) is 10.8. The van der Waals surface area contributed by atoms with Crippen LogP contribution in [-0.4, -0.2) is 19.2 Å². The molecule has 0 amide bonds. The van der Waals surface area contributed by atoms with Gasteiger partial charge in [-0.25, -0.2) is 0 Å². The molecular formula is C14H19NO. The Morgan fingerprint density at radius 1 is 1.19 bits per heavy atom. The maximum absolute atomic E-state index is 5.85. The van der Waals surface area contributed by atoms with Gasteiger partial charge in [0.25, 0.3) is 0 Å². The zero-order valence-corrected chi connectivity index (χ0v) is 9.61. The van der Waals surface area contributed by atoms with E-state index in [4.69, 9.17) is 4.74 Å². The van der Waals surface area contributed by atoms with Crippen molar-refractivity contribution in [3.63, 3.8) is 0 Å². The third-order valence-corrected chi connectivity index (χ3v) is 3.83. The summed E-state index contributed by atoms with van der Waals surface area (Å²) >= 11 is 0. The molecule has 0 bridgehead atoms. The largest absolute Gasteiger partial charge is 0.493 e. The van der Waals surface area contributed by atoms with Crippen LogP contribution in [0.15, 0.2) is 24.3 Å². The second kappa shape index (κ2) is 4.46. The molecule has 1 N–H and O–H groups in total. The van der Waals surface area contributed by atoms with Gasteiger partial charge in [0.1, 0.15) is 5.75 Å². The standard InChI is InChI=1S/C14H19NO/c1-2-7-14-11(5-1)9-12(10-16-14)13-6-3-4-8-15-13/h1-2,5,7,12-13,15H,3-4,6,8-10H2. The fraction of sp³-hybridized carbons (Fsp3) is 0.571. The molecular weight excluding hydrogens is 198 g/mol. The lowest BCUT2D eigenvalue weighted by atomic mass is 9.86. The molecule has 0 aromatic heterocycles. The molecule has 2 aliphatic rings. The number of piperidine rings is 1. The summed E-state index contributed by atoms with van der Waals surface area (Å²) in [5.41, 5.74) is 1.38. The van der Waals surface area contributed by atoms with Crippen molar-refractivity contribution in [2.24, 2.45) is 5.92 Å². The van der Waals surface area contributed by atoms with E-state index >= 15 is 0 Å². The summed E-state index contributed by atoms with van der Waals surface area (Å²) in [6, 6.07) is 9.11. The SMILES string of the molecule is c1ccc2c(c1)CC(C1CCCCN1)CO2. The van der Waals surface area contributed by atoms with Crippen molar-refractivity contribution in [1.82, 2.24) is 5.32 Å². The van der Waals surface area contributed by atoms with Gasteiger partial charge in [0, 0.05) is 12.0 Å². The maximum Gasteiger partial charge on any atom is 0.122 e. The molecule has 1 aromatic rings. The predicted molar refractivity (Wildman–Crippen MR) is 64.8 cm³/mol. The van der Waals surface area contributed by atoms with Crippen LogP contribution in [0.4, 0.5) is 0 Å². The Hall–Kier alpha value is -1.02. The highest BCUT2D eigenvalue weighted by Crippen LogP contribution is 2.30. The number of fused-ring (bicyclic) bond motifs is 1. The normalized spacial score (nSPS) is 29.2. The summed E-state index contributed by atoms with van der Waals surface area (Å²) in [4.78, 5) is 0. The Kier molecular flexibility index (Phi) is 2.83. The van der Waals surface area contributed by atoms with Crippen molar-refractivity contribution in [2.45, 2.75) is 31.7 Å². The summed E-state index contributed by atoms with van der Waals surface area (Å²) in [5, 5.41) is 3.64. The molecule has 0 saturated carbocycles. The van der Waals surface area contributed by atoms with Gasteiger partial charge in [0.15, 0.2) is 0 Å². The average molecular weight is 217 g/mol. The van der Waals surface area contributed by atoms with Crippen LogP contribution < -0.4 is 10.1 Å². The van der Waals surface area contributed by atoms with Gasteiger partial charge in [0.2, 0.25) is 0 Å². The second-order valence-corrected chi connectivity index (χ2v) is 4.94. The van der Waals surface area contributed by atoms with Gasteiger partial charge in [-0.05, 0) is 37.4 Å². The Balaban J connectivity index is 1.72. The van der Waals surface area contributed by atoms with Crippen LogP contribution in [0.3, 0.4) is 0 Å². The number of hydrogen-bond acceptors (Lipinski definition) is 2. The highest BCUT2D eigenvalue weighted by atomic mass is 16.5. The Labute approximate surface area is 97.0 Å². The topological polar surface area (TPSA) is 21.3 Å². The predicted octanol–water partition coefficient (Wildman–Crippen LogP) is 2.38. The van der Waals surface area contributed by atoms with E-state index in [2.05, 4.69) is 29.6 Å². The number of nitrogens with one attached hydrogen (secondary N) is 1. The minimum absolute atomic E-state index is 0.662. The van der Waals surface area contributed by atoms with Crippen LogP contribution in [0.1, 0.15) is 24.8 Å². The van der Waals surface area contributed by atoms with Crippen molar-refractivity contribution >= 4 is 0 Å². The number of para-hydroxylation sites is 1. The molecule has 2 aliphatic heterocycles. The average Bonchev–Trinajstić information content (AvgIpc) is 2.39. The lowest BCUT2D eigenvalue weighted by Crippen LogP contribution is -2.44. The highest BCUT2D eigenvalue weighted by Gasteiger charge is 2.27. The summed E-state index contributed by atoms with van der Waals surface area (Å²) in [6.45, 7) is 2.07. The van der Waals surface area contributed by atoms with Crippen molar-refractivity contribution in [3.8, 4) is 5.75 Å². The summed E-state index contributed by atoms with van der Waals surface area (Å²) in [5.74, 6) is 1.75. The van der Waals surface area contributed by atoms with Crippen LogP contribution in [-0.2, 0) is 6.42 Å². The van der Waals surface area contributed by atoms with Gasteiger partial charge < -0.3 is 10.1 Å². The van der Waals surface area contributed by atoms with Crippen LogP contribution in [0.5, 0.6) is 5.75 Å². The molecule has 86 valence electrons. The minimum atomic E-state index is 0.662. The summed E-state index contributed by atoms with van der Waals surface area (Å²) in [6.07, 6.45) is 5.19. The molecule has 1 saturated heterocycles. The molecule has 2 heterocycles. The van der Waals surface area contributed by atoms with E-state index in [1.165, 1.54) is 37.8 Å². The maximum atomic E-state index is 5.85. The number of benzene rings is 1. The molecule has 2 atom stereocenters. The molecule has 16 heavy (non-hydrogen) atoms. The van der Waals surface area contributed by atoms with Gasteiger partial charge in [0.05, 0.1) is 6.61 Å². The fourth-order valence-corrected chi connectivity index (χ4v) is 2.89. The van der Waals surface area contributed by atoms with Gasteiger partial charge in [-0.1, -0.05) is 24.6 Å². The van der Waals surface area contributed by atoms with Gasteiger partial charge in [-0.3, -0.25) is 0 Å². The number of hydrogen-bond donors (Lipinski definition) is 1. The molecule has 0 radical (unpaired) electrons. The van der Waals surface area contributed by atoms with Gasteiger partial charge in [-0.15, -0.1) is 0 Å². The van der Waals surface area contributed by atoms with Crippen LogP contribution in [0, 0.1) is 5.92 Å². The van der Waals surface area contributed by atoms with Crippen molar-refractivity contribution < 1.29 is 4.74 Å². The van der Waals surface area contributed by atoms with Crippen LogP contribution >= 0.6 is 0 Å². The molecule has 3 rings (SSSR count). The summed E-state index contributed by atoms with van der Waals surface area (Å²) < 4.78 is 5.85. The molecule has 0 aliphatic carbocycles. The van der Waals surface area contributed by atoms with Gasteiger partial charge >= 0.3 is 0 Å². The minimum Gasteiger partial charge on any atom is -0.493 e. The molecule has 2 nitrogen and oxygen atoms in total. The monoisotopic (exact) mass is 217 g/mol.